The molecule has 2 rings (SSSR count). The van der Waals surface area contributed by atoms with E-state index in [9.17, 15) is 17.6 Å². The summed E-state index contributed by atoms with van der Waals surface area (Å²) >= 11 is 0. The number of hydrogen-bond acceptors (Lipinski definition) is 4. The molecule has 0 saturated heterocycles. The molecule has 0 fully saturated rings. The average Bonchev–Trinajstić information content (AvgIpc) is 2.75. The molecule has 0 bridgehead atoms. The number of para-hydroxylation sites is 1. The molecule has 2 aromatic rings. The van der Waals surface area contributed by atoms with Crippen LogP contribution in [0.5, 0.6) is 0 Å². The van der Waals surface area contributed by atoms with Crippen molar-refractivity contribution in [2.45, 2.75) is 11.8 Å². The second kappa shape index (κ2) is 4.97. The first kappa shape index (κ1) is 14.1. The number of nitrogens with one attached hydrogen (secondary N) is 1. The molecule has 1 aromatic heterocycles. The second-order valence-electron chi connectivity index (χ2n) is 3.92. The van der Waals surface area contributed by atoms with Crippen molar-refractivity contribution >= 4 is 21.7 Å². The van der Waals surface area contributed by atoms with Crippen molar-refractivity contribution in [2.75, 3.05) is 4.72 Å². The molecule has 0 amide bonds. The highest BCUT2D eigenvalue weighted by molar-refractivity contribution is 7.92. The number of rotatable bonds is 4. The molecular formula is C12H10FNO5S. The Morgan fingerprint density at radius 3 is 2.55 bits per heavy atom. The van der Waals surface area contributed by atoms with Gasteiger partial charge in [0.2, 0.25) is 5.76 Å². The number of furan rings is 1. The van der Waals surface area contributed by atoms with E-state index < -0.39 is 27.6 Å². The lowest BCUT2D eigenvalue weighted by atomic mass is 10.3. The van der Waals surface area contributed by atoms with Crippen LogP contribution in [0.1, 0.15) is 16.3 Å². The van der Waals surface area contributed by atoms with Crippen molar-refractivity contribution in [1.29, 1.82) is 0 Å². The molecule has 0 radical (unpaired) electrons. The monoisotopic (exact) mass is 299 g/mol. The van der Waals surface area contributed by atoms with Gasteiger partial charge >= 0.3 is 5.97 Å². The lowest BCUT2D eigenvalue weighted by molar-refractivity contribution is 0.0661. The molecule has 6 nitrogen and oxygen atoms in total. The summed E-state index contributed by atoms with van der Waals surface area (Å²) in [7, 11) is -4.13. The molecule has 106 valence electrons. The summed E-state index contributed by atoms with van der Waals surface area (Å²) in [6.45, 7) is 1.31. The fourth-order valence-electron chi connectivity index (χ4n) is 1.58. The van der Waals surface area contributed by atoms with Crippen LogP contribution >= 0.6 is 0 Å². The molecule has 0 atom stereocenters. The number of sulfonamides is 1. The summed E-state index contributed by atoms with van der Waals surface area (Å²) in [5.74, 6) is -2.72. The summed E-state index contributed by atoms with van der Waals surface area (Å²) in [4.78, 5) is 10.4. The second-order valence-corrected chi connectivity index (χ2v) is 5.57. The van der Waals surface area contributed by atoms with Crippen molar-refractivity contribution in [2.24, 2.45) is 0 Å². The minimum atomic E-state index is -4.13. The third kappa shape index (κ3) is 2.64. The highest BCUT2D eigenvalue weighted by atomic mass is 32.2. The number of carboxylic acid groups (broad SMARTS) is 1. The van der Waals surface area contributed by atoms with E-state index in [0.29, 0.717) is 0 Å². The standard InChI is InChI=1S/C12H10FNO5S/c1-7-11(6-10(19-7)12(15)16)20(17,18)14-9-5-3-2-4-8(9)13/h2-6,14H,1H3,(H,15,16). The van der Waals surface area contributed by atoms with Gasteiger partial charge in [-0.15, -0.1) is 0 Å². The van der Waals surface area contributed by atoms with Gasteiger partial charge in [-0.2, -0.15) is 0 Å². The van der Waals surface area contributed by atoms with Gasteiger partial charge in [0.25, 0.3) is 10.0 Å². The largest absolute Gasteiger partial charge is 0.475 e. The number of aryl methyl sites for hydroxylation is 1. The van der Waals surface area contributed by atoms with Crippen molar-refractivity contribution < 1.29 is 27.1 Å². The summed E-state index contributed by atoms with van der Waals surface area (Å²) in [6.07, 6.45) is 0. The van der Waals surface area contributed by atoms with Gasteiger partial charge in [-0.05, 0) is 19.1 Å². The smallest absolute Gasteiger partial charge is 0.371 e. The molecule has 0 aliphatic rings. The molecule has 1 heterocycles. The zero-order valence-electron chi connectivity index (χ0n) is 10.3. The van der Waals surface area contributed by atoms with Crippen LogP contribution in [0.4, 0.5) is 10.1 Å². The Morgan fingerprint density at radius 2 is 2.00 bits per heavy atom. The first-order chi connectivity index (χ1) is 9.31. The zero-order valence-corrected chi connectivity index (χ0v) is 11.1. The first-order valence-electron chi connectivity index (χ1n) is 5.42. The number of carboxylic acids is 1. The van der Waals surface area contributed by atoms with Crippen LogP contribution in [0.2, 0.25) is 0 Å². The third-order valence-electron chi connectivity index (χ3n) is 2.49. The molecule has 0 aliphatic carbocycles. The van der Waals surface area contributed by atoms with Crippen LogP contribution in [0.25, 0.3) is 0 Å². The Labute approximate surface area is 113 Å². The number of halogens is 1. The lowest BCUT2D eigenvalue weighted by Gasteiger charge is -2.07. The highest BCUT2D eigenvalue weighted by Gasteiger charge is 2.24. The van der Waals surface area contributed by atoms with Crippen molar-refractivity contribution in [1.82, 2.24) is 0 Å². The van der Waals surface area contributed by atoms with Crippen molar-refractivity contribution in [3.05, 3.63) is 47.7 Å². The van der Waals surface area contributed by atoms with Crippen LogP contribution in [0.15, 0.2) is 39.6 Å². The van der Waals surface area contributed by atoms with E-state index in [1.165, 1.54) is 25.1 Å². The molecule has 0 aliphatic heterocycles. The summed E-state index contributed by atoms with van der Waals surface area (Å²) in [6, 6.07) is 6.11. The predicted octanol–water partition coefficient (Wildman–Crippen LogP) is 2.23. The molecule has 0 saturated carbocycles. The quantitative estimate of drug-likeness (QED) is 0.902. The Kier molecular flexibility index (Phi) is 3.49. The molecule has 0 spiro atoms. The normalized spacial score (nSPS) is 11.3. The van der Waals surface area contributed by atoms with Gasteiger partial charge in [0.1, 0.15) is 16.5 Å². The Bertz CT molecular complexity index is 766. The van der Waals surface area contributed by atoms with Crippen LogP contribution in [-0.4, -0.2) is 19.5 Å². The van der Waals surface area contributed by atoms with E-state index in [0.717, 1.165) is 12.1 Å². The Hall–Kier alpha value is -2.35. The van der Waals surface area contributed by atoms with Crippen LogP contribution < -0.4 is 4.72 Å². The van der Waals surface area contributed by atoms with Gasteiger partial charge in [-0.1, -0.05) is 12.1 Å². The van der Waals surface area contributed by atoms with E-state index in [2.05, 4.69) is 0 Å². The lowest BCUT2D eigenvalue weighted by Crippen LogP contribution is -2.14. The molecule has 1 aromatic carbocycles. The van der Waals surface area contributed by atoms with Gasteiger partial charge in [0.05, 0.1) is 5.69 Å². The zero-order chi connectivity index (χ0) is 14.9. The summed E-state index contributed by atoms with van der Waals surface area (Å²) < 4.78 is 44.4. The Morgan fingerprint density at radius 1 is 1.35 bits per heavy atom. The molecule has 8 heteroatoms. The van der Waals surface area contributed by atoms with Crippen molar-refractivity contribution in [3.8, 4) is 0 Å². The minimum absolute atomic E-state index is 0.0914. The topological polar surface area (TPSA) is 96.6 Å². The molecular weight excluding hydrogens is 289 g/mol. The number of carbonyl (C=O) groups is 1. The van der Waals surface area contributed by atoms with E-state index in [1.54, 1.807) is 0 Å². The summed E-state index contributed by atoms with van der Waals surface area (Å²) in [5.41, 5.74) is -0.232. The van der Waals surface area contributed by atoms with Gasteiger partial charge in [0, 0.05) is 6.07 Å². The van der Waals surface area contributed by atoms with Gasteiger partial charge in [-0.3, -0.25) is 4.72 Å². The van der Waals surface area contributed by atoms with Crippen LogP contribution in [0, 0.1) is 12.7 Å². The number of anilines is 1. The predicted molar refractivity (Wildman–Crippen MR) is 67.6 cm³/mol. The minimum Gasteiger partial charge on any atom is -0.475 e. The maximum atomic E-state index is 13.4. The van der Waals surface area contributed by atoms with E-state index in [1.807, 2.05) is 4.72 Å². The van der Waals surface area contributed by atoms with Crippen LogP contribution in [-0.2, 0) is 10.0 Å². The summed E-state index contributed by atoms with van der Waals surface area (Å²) in [5, 5.41) is 8.75. The van der Waals surface area contributed by atoms with E-state index in [4.69, 9.17) is 9.52 Å². The third-order valence-corrected chi connectivity index (χ3v) is 3.96. The molecule has 0 unspecified atom stereocenters. The molecule has 2 N–H and O–H groups in total. The van der Waals surface area contributed by atoms with Gasteiger partial charge in [-0.25, -0.2) is 17.6 Å². The van der Waals surface area contributed by atoms with E-state index in [-0.39, 0.29) is 16.3 Å². The maximum Gasteiger partial charge on any atom is 0.371 e. The van der Waals surface area contributed by atoms with E-state index >= 15 is 0 Å². The number of benzene rings is 1. The maximum absolute atomic E-state index is 13.4. The fourth-order valence-corrected chi connectivity index (χ4v) is 2.83. The SMILES string of the molecule is Cc1oc(C(=O)O)cc1S(=O)(=O)Nc1ccccc1F. The van der Waals surface area contributed by atoms with Crippen LogP contribution in [0.3, 0.4) is 0 Å². The van der Waals surface area contributed by atoms with Gasteiger partial charge in [0.15, 0.2) is 0 Å². The van der Waals surface area contributed by atoms with Crippen molar-refractivity contribution in [3.63, 3.8) is 0 Å². The number of aromatic carboxylic acids is 1. The average molecular weight is 299 g/mol. The van der Waals surface area contributed by atoms with Gasteiger partial charge < -0.3 is 9.52 Å². The Balaban J connectivity index is 2.41. The fraction of sp³-hybridized carbons (Fsp3) is 0.0833. The molecule has 20 heavy (non-hydrogen) atoms. The first-order valence-corrected chi connectivity index (χ1v) is 6.90. The highest BCUT2D eigenvalue weighted by Crippen LogP contribution is 2.24. The number of hydrogen-bond donors (Lipinski definition) is 2.